The van der Waals surface area contributed by atoms with Gasteiger partial charge < -0.3 is 19.7 Å². The van der Waals surface area contributed by atoms with Gasteiger partial charge in [-0.05, 0) is 47.4 Å². The van der Waals surface area contributed by atoms with Gasteiger partial charge in [-0.3, -0.25) is 14.9 Å². The summed E-state index contributed by atoms with van der Waals surface area (Å²) in [6.45, 7) is 2.03. The summed E-state index contributed by atoms with van der Waals surface area (Å²) in [7, 11) is 0. The number of amides is 2. The predicted molar refractivity (Wildman–Crippen MR) is 136 cm³/mol. The summed E-state index contributed by atoms with van der Waals surface area (Å²) in [5, 5.41) is 8.70. The van der Waals surface area contributed by atoms with Crippen LogP contribution in [-0.4, -0.2) is 53.3 Å². The minimum absolute atomic E-state index is 0.00121. The Labute approximate surface area is 208 Å². The van der Waals surface area contributed by atoms with Crippen LogP contribution in [0.3, 0.4) is 0 Å². The van der Waals surface area contributed by atoms with Crippen LogP contribution in [0.1, 0.15) is 28.8 Å². The first-order valence-corrected chi connectivity index (χ1v) is 12.9. The molecular formula is C27H27N3O4S. The van der Waals surface area contributed by atoms with E-state index in [0.717, 1.165) is 52.0 Å². The highest BCUT2D eigenvalue weighted by atomic mass is 32.2. The van der Waals surface area contributed by atoms with Crippen molar-refractivity contribution in [3.63, 3.8) is 0 Å². The van der Waals surface area contributed by atoms with E-state index in [4.69, 9.17) is 9.47 Å². The van der Waals surface area contributed by atoms with E-state index in [1.165, 1.54) is 0 Å². The molecule has 0 radical (unpaired) electrons. The van der Waals surface area contributed by atoms with Crippen molar-refractivity contribution in [1.82, 2.24) is 15.5 Å². The summed E-state index contributed by atoms with van der Waals surface area (Å²) in [5.74, 6) is 2.26. The van der Waals surface area contributed by atoms with E-state index in [1.807, 2.05) is 65.6 Å². The largest absolute Gasteiger partial charge is 0.454 e. The van der Waals surface area contributed by atoms with Gasteiger partial charge in [0.1, 0.15) is 0 Å². The van der Waals surface area contributed by atoms with Crippen LogP contribution in [0, 0.1) is 0 Å². The Morgan fingerprint density at radius 3 is 2.71 bits per heavy atom. The molecule has 3 heterocycles. The quantitative estimate of drug-likeness (QED) is 0.584. The molecule has 3 aliphatic rings. The minimum atomic E-state index is -0.241. The summed E-state index contributed by atoms with van der Waals surface area (Å²) in [4.78, 5) is 27.9. The Morgan fingerprint density at radius 2 is 1.83 bits per heavy atom. The zero-order chi connectivity index (χ0) is 23.8. The highest BCUT2D eigenvalue weighted by molar-refractivity contribution is 8.01. The van der Waals surface area contributed by atoms with Crippen LogP contribution in [0.2, 0.25) is 0 Å². The van der Waals surface area contributed by atoms with E-state index in [-0.39, 0.29) is 29.5 Å². The molecule has 3 aromatic carbocycles. The van der Waals surface area contributed by atoms with Crippen molar-refractivity contribution in [3.05, 3.63) is 71.8 Å². The average molecular weight is 490 g/mol. The molecule has 35 heavy (non-hydrogen) atoms. The number of carbonyl (C=O) groups is 2. The van der Waals surface area contributed by atoms with Crippen molar-refractivity contribution >= 4 is 34.3 Å². The highest BCUT2D eigenvalue weighted by Crippen LogP contribution is 2.40. The molecule has 8 heteroatoms. The van der Waals surface area contributed by atoms with Gasteiger partial charge in [-0.1, -0.05) is 42.5 Å². The van der Waals surface area contributed by atoms with Crippen LogP contribution < -0.4 is 20.1 Å². The van der Waals surface area contributed by atoms with Crippen LogP contribution in [0.5, 0.6) is 11.5 Å². The lowest BCUT2D eigenvalue weighted by Crippen LogP contribution is -2.54. The van der Waals surface area contributed by atoms with Crippen LogP contribution >= 0.6 is 11.8 Å². The first kappa shape index (κ1) is 22.2. The molecule has 2 N–H and O–H groups in total. The summed E-state index contributed by atoms with van der Waals surface area (Å²) >= 11 is 1.81. The number of piperidine rings is 1. The lowest BCUT2D eigenvalue weighted by molar-refractivity contribution is -0.122. The van der Waals surface area contributed by atoms with Crippen molar-refractivity contribution in [2.24, 2.45) is 0 Å². The van der Waals surface area contributed by atoms with Gasteiger partial charge in [-0.2, -0.15) is 0 Å². The number of fused-ring (bicyclic) bond motifs is 2. The number of carbonyl (C=O) groups excluding carboxylic acids is 2. The Balaban J connectivity index is 1.04. The summed E-state index contributed by atoms with van der Waals surface area (Å²) in [6.07, 6.45) is 1.64. The maximum absolute atomic E-state index is 13.3. The molecule has 7 nitrogen and oxygen atoms in total. The van der Waals surface area contributed by atoms with Crippen molar-refractivity contribution in [1.29, 1.82) is 0 Å². The van der Waals surface area contributed by atoms with Gasteiger partial charge in [0, 0.05) is 31.0 Å². The van der Waals surface area contributed by atoms with E-state index in [9.17, 15) is 9.59 Å². The molecule has 0 bridgehead atoms. The van der Waals surface area contributed by atoms with Crippen LogP contribution in [0.15, 0.2) is 60.7 Å². The van der Waals surface area contributed by atoms with Crippen LogP contribution in [0.4, 0.5) is 0 Å². The number of likely N-dealkylation sites (tertiary alicyclic amines) is 1. The van der Waals surface area contributed by atoms with Gasteiger partial charge in [0.2, 0.25) is 12.7 Å². The topological polar surface area (TPSA) is 79.9 Å². The number of thioether (sulfide) groups is 1. The Morgan fingerprint density at radius 1 is 1.03 bits per heavy atom. The van der Waals surface area contributed by atoms with Gasteiger partial charge in [-0.25, -0.2) is 0 Å². The molecule has 180 valence electrons. The number of ether oxygens (including phenoxy) is 2. The van der Waals surface area contributed by atoms with Gasteiger partial charge >= 0.3 is 0 Å². The second kappa shape index (κ2) is 9.09. The maximum Gasteiger partial charge on any atom is 0.254 e. The maximum atomic E-state index is 13.3. The number of nitrogens with one attached hydrogen (secondary N) is 2. The second-order valence-corrected chi connectivity index (χ2v) is 10.6. The molecule has 0 aliphatic carbocycles. The zero-order valence-electron chi connectivity index (χ0n) is 19.3. The molecule has 2 fully saturated rings. The first-order valence-electron chi connectivity index (χ1n) is 12.0. The van der Waals surface area contributed by atoms with Gasteiger partial charge in [0.15, 0.2) is 11.5 Å². The Bertz CT molecular complexity index is 1280. The fraction of sp³-hybridized carbons (Fsp3) is 0.333. The van der Waals surface area contributed by atoms with Crippen molar-refractivity contribution in [2.75, 3.05) is 25.6 Å². The first-order chi connectivity index (χ1) is 17.1. The molecule has 3 aromatic rings. The summed E-state index contributed by atoms with van der Waals surface area (Å²) in [5.41, 5.74) is 1.73. The Kier molecular flexibility index (Phi) is 5.78. The van der Waals surface area contributed by atoms with E-state index in [0.29, 0.717) is 19.6 Å². The molecule has 0 saturated carbocycles. The molecule has 1 spiro atoms. The second-order valence-electron chi connectivity index (χ2n) is 9.23. The number of rotatable bonds is 4. The van der Waals surface area contributed by atoms with Crippen molar-refractivity contribution < 1.29 is 19.1 Å². The van der Waals surface area contributed by atoms with Gasteiger partial charge in [0.05, 0.1) is 10.9 Å². The number of nitrogens with zero attached hydrogens (tertiary/aromatic N) is 1. The van der Waals surface area contributed by atoms with E-state index < -0.39 is 0 Å². The predicted octanol–water partition coefficient (Wildman–Crippen LogP) is 3.52. The zero-order valence-corrected chi connectivity index (χ0v) is 20.1. The van der Waals surface area contributed by atoms with E-state index in [2.05, 4.69) is 10.6 Å². The third-order valence-electron chi connectivity index (χ3n) is 7.06. The molecule has 0 aromatic heterocycles. The molecule has 3 aliphatic heterocycles. The fourth-order valence-corrected chi connectivity index (χ4v) is 6.51. The SMILES string of the molecule is O=C(NCc1ccc2c(c1)OCO2)C1CSC2(CCN(C(=O)c3cccc4ccccc34)CC2)N1. The van der Waals surface area contributed by atoms with Gasteiger partial charge in [0.25, 0.3) is 5.91 Å². The number of hydrogen-bond donors (Lipinski definition) is 2. The standard InChI is InChI=1S/C27H27N3O4S/c31-25(28-15-18-8-9-23-24(14-18)34-17-33-23)22-16-35-27(29-22)10-12-30(13-11-27)26(32)21-7-3-5-19-4-1-2-6-20(19)21/h1-9,14,22,29H,10-13,15-17H2,(H,28,31). The molecule has 2 amide bonds. The van der Waals surface area contributed by atoms with Crippen molar-refractivity contribution in [2.45, 2.75) is 30.3 Å². The average Bonchev–Trinajstić information content (AvgIpc) is 3.54. The smallest absolute Gasteiger partial charge is 0.254 e. The molecule has 1 atom stereocenters. The normalized spacial score (nSPS) is 20.3. The number of benzene rings is 3. The lowest BCUT2D eigenvalue weighted by Gasteiger charge is -2.39. The molecule has 6 rings (SSSR count). The molecule has 2 saturated heterocycles. The van der Waals surface area contributed by atoms with E-state index in [1.54, 1.807) is 11.8 Å². The third-order valence-corrected chi connectivity index (χ3v) is 8.64. The summed E-state index contributed by atoms with van der Waals surface area (Å²) < 4.78 is 10.8. The summed E-state index contributed by atoms with van der Waals surface area (Å²) in [6, 6.07) is 19.4. The monoisotopic (exact) mass is 489 g/mol. The van der Waals surface area contributed by atoms with Gasteiger partial charge in [-0.15, -0.1) is 11.8 Å². The minimum Gasteiger partial charge on any atom is -0.454 e. The fourth-order valence-electron chi connectivity index (χ4n) is 5.09. The Hall–Kier alpha value is -3.23. The highest BCUT2D eigenvalue weighted by Gasteiger charge is 2.44. The number of hydrogen-bond acceptors (Lipinski definition) is 6. The molecular weight excluding hydrogens is 462 g/mol. The van der Waals surface area contributed by atoms with Crippen LogP contribution in [-0.2, 0) is 11.3 Å². The van der Waals surface area contributed by atoms with Crippen molar-refractivity contribution in [3.8, 4) is 11.5 Å². The lowest BCUT2D eigenvalue weighted by atomic mass is 10.00. The third kappa shape index (κ3) is 4.32. The van der Waals surface area contributed by atoms with Crippen LogP contribution in [0.25, 0.3) is 10.8 Å². The van der Waals surface area contributed by atoms with E-state index >= 15 is 0 Å². The molecule has 1 unspecified atom stereocenters.